The molecular weight excluding hydrogens is 494 g/mol. The largest absolute Gasteiger partial charge is 0.464 e. The molecule has 4 rings (SSSR count). The number of hydrogen-bond acceptors (Lipinski definition) is 3. The van der Waals surface area contributed by atoms with Gasteiger partial charge in [-0.3, -0.25) is 4.98 Å². The van der Waals surface area contributed by atoms with Crippen LogP contribution in [0.2, 0.25) is 0 Å². The maximum absolute atomic E-state index is 13.2. The highest BCUT2D eigenvalue weighted by atomic mass is 127. The molecule has 156 valence electrons. The summed E-state index contributed by atoms with van der Waals surface area (Å²) in [4.78, 5) is 21.4. The van der Waals surface area contributed by atoms with Gasteiger partial charge in [-0.15, -0.1) is 0 Å². The Bertz CT molecular complexity index is 1090. The molecule has 2 aromatic heterocycles. The molecule has 0 amide bonds. The Labute approximate surface area is 189 Å². The van der Waals surface area contributed by atoms with Crippen molar-refractivity contribution in [1.82, 2.24) is 9.97 Å². The van der Waals surface area contributed by atoms with Crippen LogP contribution in [0.3, 0.4) is 0 Å². The molecule has 0 spiro atoms. The van der Waals surface area contributed by atoms with Crippen LogP contribution in [-0.2, 0) is 4.74 Å². The number of carbonyl (C=O) groups is 1. The van der Waals surface area contributed by atoms with E-state index >= 15 is 0 Å². The molecule has 0 aliphatic heterocycles. The van der Waals surface area contributed by atoms with Gasteiger partial charge < -0.3 is 9.72 Å². The van der Waals surface area contributed by atoms with Crippen molar-refractivity contribution in [3.63, 3.8) is 0 Å². The van der Waals surface area contributed by atoms with E-state index in [4.69, 9.17) is 4.74 Å². The second-order valence-electron chi connectivity index (χ2n) is 5.87. The van der Waals surface area contributed by atoms with Gasteiger partial charge in [-0.1, -0.05) is 60.7 Å². The monoisotopic (exact) mass is 518 g/mol. The normalized spacial score (nSPS) is 9.80. The third kappa shape index (κ3) is 5.05. The third-order valence-corrected chi connectivity index (χ3v) is 4.33. The minimum atomic E-state index is -0.434. The maximum atomic E-state index is 13.2. The molecule has 0 atom stereocenters. The number of aromatic amines is 1. The lowest BCUT2D eigenvalue weighted by molar-refractivity contribution is 0.0596. The smallest absolute Gasteiger partial charge is 0.355 e. The molecule has 6 heteroatoms. The molecule has 30 heavy (non-hydrogen) atoms. The molecule has 0 unspecified atom stereocenters. The summed E-state index contributed by atoms with van der Waals surface area (Å²) < 4.78 is 18.1. The second kappa shape index (κ2) is 11.4. The molecular formula is C24H24FIN2O2. The topological polar surface area (TPSA) is 55.0 Å². The van der Waals surface area contributed by atoms with Gasteiger partial charge in [0.05, 0.1) is 7.11 Å². The summed E-state index contributed by atoms with van der Waals surface area (Å²) in [5, 5.41) is 0.905. The molecule has 0 bridgehead atoms. The van der Waals surface area contributed by atoms with E-state index in [0.29, 0.717) is 5.69 Å². The van der Waals surface area contributed by atoms with Gasteiger partial charge >= 0.3 is 5.97 Å². The molecule has 0 aliphatic rings. The summed E-state index contributed by atoms with van der Waals surface area (Å²) >= 11 is 2.15. The molecule has 0 fully saturated rings. The number of benzene rings is 2. The number of esters is 1. The number of alkyl halides is 1. The lowest BCUT2D eigenvalue weighted by Gasteiger charge is -2.04. The highest BCUT2D eigenvalue weighted by Crippen LogP contribution is 2.35. The standard InChI is InChI=1S/C21H15FN2O2.C2H6.CH3I/c1-26-21(25)20-19(14-8-10-23-11-9-14)17-7-4-15(12-18(17)24-20)13-2-5-16(22)6-3-13;2*1-2/h2-12,24H,1H3;1-2H3;1H3. The molecule has 0 saturated carbocycles. The number of methoxy groups -OCH3 is 1. The van der Waals surface area contributed by atoms with Crippen molar-refractivity contribution in [2.75, 3.05) is 12.0 Å². The number of H-pyrrole nitrogens is 1. The average molecular weight is 518 g/mol. The van der Waals surface area contributed by atoms with Crippen molar-refractivity contribution < 1.29 is 13.9 Å². The first-order valence-corrected chi connectivity index (χ1v) is 11.6. The number of halogens is 2. The Morgan fingerprint density at radius 1 is 0.933 bits per heavy atom. The predicted octanol–water partition coefficient (Wildman–Crippen LogP) is 6.90. The van der Waals surface area contributed by atoms with Gasteiger partial charge in [0.25, 0.3) is 0 Å². The van der Waals surface area contributed by atoms with E-state index in [-0.39, 0.29) is 5.82 Å². The number of nitrogens with one attached hydrogen (secondary N) is 1. The minimum Gasteiger partial charge on any atom is -0.464 e. The Morgan fingerprint density at radius 3 is 2.13 bits per heavy atom. The van der Waals surface area contributed by atoms with Gasteiger partial charge in [-0.25, -0.2) is 9.18 Å². The number of carbonyl (C=O) groups excluding carboxylic acids is 1. The van der Waals surface area contributed by atoms with Crippen LogP contribution in [0.1, 0.15) is 24.3 Å². The van der Waals surface area contributed by atoms with E-state index in [2.05, 4.69) is 32.6 Å². The number of pyridine rings is 1. The summed E-state index contributed by atoms with van der Waals surface area (Å²) in [6.45, 7) is 4.00. The predicted molar refractivity (Wildman–Crippen MR) is 130 cm³/mol. The Kier molecular flexibility index (Phi) is 8.98. The number of ether oxygens (including phenoxy) is 1. The number of rotatable bonds is 3. The van der Waals surface area contributed by atoms with Crippen molar-refractivity contribution in [3.05, 3.63) is 78.5 Å². The highest BCUT2D eigenvalue weighted by Gasteiger charge is 2.20. The fraction of sp³-hybridized carbons (Fsp3) is 0.167. The SMILES string of the molecule is CC.CI.COC(=O)c1[nH]c2cc(-c3ccc(F)cc3)ccc2c1-c1ccncc1. The Morgan fingerprint density at radius 2 is 1.53 bits per heavy atom. The third-order valence-electron chi connectivity index (χ3n) is 4.33. The van der Waals surface area contributed by atoms with Crippen LogP contribution in [0.5, 0.6) is 0 Å². The molecule has 0 aliphatic carbocycles. The number of hydrogen-bond donors (Lipinski definition) is 1. The van der Waals surface area contributed by atoms with Crippen LogP contribution in [0.4, 0.5) is 4.39 Å². The minimum absolute atomic E-state index is 0.275. The lowest BCUT2D eigenvalue weighted by atomic mass is 10.00. The summed E-state index contributed by atoms with van der Waals surface area (Å²) in [6.07, 6.45) is 3.37. The van der Waals surface area contributed by atoms with Gasteiger partial charge in [-0.05, 0) is 52.0 Å². The Balaban J connectivity index is 0.000000757. The van der Waals surface area contributed by atoms with Crippen LogP contribution < -0.4 is 0 Å². The van der Waals surface area contributed by atoms with Crippen LogP contribution in [-0.4, -0.2) is 28.0 Å². The van der Waals surface area contributed by atoms with Crippen molar-refractivity contribution in [3.8, 4) is 22.3 Å². The molecule has 1 N–H and O–H groups in total. The molecule has 0 saturated heterocycles. The van der Waals surface area contributed by atoms with Gasteiger partial charge in [0.1, 0.15) is 11.5 Å². The second-order valence-corrected chi connectivity index (χ2v) is 5.87. The van der Waals surface area contributed by atoms with Crippen molar-refractivity contribution in [1.29, 1.82) is 0 Å². The zero-order valence-electron chi connectivity index (χ0n) is 17.4. The van der Waals surface area contributed by atoms with E-state index in [9.17, 15) is 9.18 Å². The van der Waals surface area contributed by atoms with Crippen LogP contribution in [0, 0.1) is 5.82 Å². The lowest BCUT2D eigenvalue weighted by Crippen LogP contribution is -2.03. The van der Waals surface area contributed by atoms with Gasteiger partial charge in [0.2, 0.25) is 0 Å². The van der Waals surface area contributed by atoms with E-state index < -0.39 is 5.97 Å². The summed E-state index contributed by atoms with van der Waals surface area (Å²) in [7, 11) is 1.36. The first kappa shape index (κ1) is 23.5. The first-order chi connectivity index (χ1) is 14.7. The average Bonchev–Trinajstić information content (AvgIpc) is 3.21. The van der Waals surface area contributed by atoms with Gasteiger partial charge in [-0.2, -0.15) is 0 Å². The molecule has 4 nitrogen and oxygen atoms in total. The Hall–Kier alpha value is -2.74. The quantitative estimate of drug-likeness (QED) is 0.182. The fourth-order valence-corrected chi connectivity index (χ4v) is 3.09. The van der Waals surface area contributed by atoms with Crippen LogP contribution in [0.25, 0.3) is 33.2 Å². The fourth-order valence-electron chi connectivity index (χ4n) is 3.09. The number of fused-ring (bicyclic) bond motifs is 1. The van der Waals surface area contributed by atoms with Gasteiger partial charge in [0.15, 0.2) is 0 Å². The number of aromatic nitrogens is 2. The van der Waals surface area contributed by atoms with Crippen molar-refractivity contribution in [2.24, 2.45) is 0 Å². The molecule has 2 aromatic carbocycles. The maximum Gasteiger partial charge on any atom is 0.355 e. The van der Waals surface area contributed by atoms with E-state index in [1.807, 2.05) is 49.1 Å². The first-order valence-electron chi connectivity index (χ1n) is 9.45. The van der Waals surface area contributed by atoms with Gasteiger partial charge in [0, 0.05) is 28.9 Å². The van der Waals surface area contributed by atoms with Crippen molar-refractivity contribution in [2.45, 2.75) is 13.8 Å². The highest BCUT2D eigenvalue weighted by molar-refractivity contribution is 14.1. The van der Waals surface area contributed by atoms with E-state index in [1.54, 1.807) is 24.5 Å². The summed E-state index contributed by atoms with van der Waals surface area (Å²) in [5.41, 5.74) is 4.68. The van der Waals surface area contributed by atoms with Crippen molar-refractivity contribution >= 4 is 39.5 Å². The summed E-state index contributed by atoms with van der Waals surface area (Å²) in [6, 6.07) is 15.9. The summed E-state index contributed by atoms with van der Waals surface area (Å²) in [5.74, 6) is -0.709. The van der Waals surface area contributed by atoms with Crippen LogP contribution in [0.15, 0.2) is 67.0 Å². The van der Waals surface area contributed by atoms with E-state index in [1.165, 1.54) is 19.2 Å². The zero-order valence-corrected chi connectivity index (χ0v) is 19.5. The van der Waals surface area contributed by atoms with Crippen LogP contribution >= 0.6 is 22.6 Å². The molecule has 0 radical (unpaired) electrons. The van der Waals surface area contributed by atoms with E-state index in [0.717, 1.165) is 33.2 Å². The molecule has 4 aromatic rings. The zero-order chi connectivity index (χ0) is 22.1. The number of nitrogens with zero attached hydrogens (tertiary/aromatic N) is 1. The molecule has 2 heterocycles.